The SMILES string of the molecule is COc1ccc(C)cc1N(CCC(=O)Nc1c(C)cccc1C)C(C)=O. The highest BCUT2D eigenvalue weighted by Gasteiger charge is 2.18. The molecule has 1 N–H and O–H groups in total. The number of para-hydroxylation sites is 1. The van der Waals surface area contributed by atoms with E-state index in [0.29, 0.717) is 11.4 Å². The lowest BCUT2D eigenvalue weighted by molar-refractivity contribution is -0.117. The van der Waals surface area contributed by atoms with Crippen LogP contribution in [0.1, 0.15) is 30.0 Å². The van der Waals surface area contributed by atoms with Gasteiger partial charge in [0.15, 0.2) is 0 Å². The maximum Gasteiger partial charge on any atom is 0.226 e. The molecule has 2 aromatic rings. The third-order valence-corrected chi connectivity index (χ3v) is 4.31. The van der Waals surface area contributed by atoms with E-state index in [2.05, 4.69) is 5.32 Å². The first-order valence-corrected chi connectivity index (χ1v) is 8.62. The van der Waals surface area contributed by atoms with Crippen LogP contribution in [-0.2, 0) is 9.59 Å². The number of amides is 2. The zero-order valence-corrected chi connectivity index (χ0v) is 16.1. The summed E-state index contributed by atoms with van der Waals surface area (Å²) in [5.74, 6) is 0.356. The number of hydrogen-bond acceptors (Lipinski definition) is 3. The predicted octanol–water partition coefficient (Wildman–Crippen LogP) is 4.00. The molecule has 0 spiro atoms. The average molecular weight is 354 g/mol. The second kappa shape index (κ2) is 8.52. The Morgan fingerprint density at radius 3 is 2.31 bits per heavy atom. The van der Waals surface area contributed by atoms with Crippen molar-refractivity contribution in [1.82, 2.24) is 0 Å². The number of hydrogen-bond donors (Lipinski definition) is 1. The number of anilines is 2. The smallest absolute Gasteiger partial charge is 0.226 e. The third kappa shape index (κ3) is 4.63. The molecule has 0 heterocycles. The molecular weight excluding hydrogens is 328 g/mol. The molecule has 0 atom stereocenters. The van der Waals surface area contributed by atoms with Crippen LogP contribution in [0.2, 0.25) is 0 Å². The quantitative estimate of drug-likeness (QED) is 0.853. The maximum atomic E-state index is 12.4. The van der Waals surface area contributed by atoms with Crippen molar-refractivity contribution < 1.29 is 14.3 Å². The molecule has 0 saturated heterocycles. The molecule has 0 aliphatic heterocycles. The van der Waals surface area contributed by atoms with E-state index in [4.69, 9.17) is 4.74 Å². The second-order valence-corrected chi connectivity index (χ2v) is 6.41. The molecule has 0 saturated carbocycles. The number of nitrogens with zero attached hydrogens (tertiary/aromatic N) is 1. The Hall–Kier alpha value is -2.82. The van der Waals surface area contributed by atoms with Gasteiger partial charge in [-0.2, -0.15) is 0 Å². The van der Waals surface area contributed by atoms with Crippen LogP contribution in [0.3, 0.4) is 0 Å². The Morgan fingerprint density at radius 2 is 1.73 bits per heavy atom. The van der Waals surface area contributed by atoms with E-state index < -0.39 is 0 Å². The molecule has 0 aromatic heterocycles. The molecule has 0 aliphatic carbocycles. The average Bonchev–Trinajstić information content (AvgIpc) is 2.58. The van der Waals surface area contributed by atoms with Gasteiger partial charge in [-0.1, -0.05) is 24.3 Å². The van der Waals surface area contributed by atoms with Gasteiger partial charge in [0.1, 0.15) is 5.75 Å². The van der Waals surface area contributed by atoms with Gasteiger partial charge in [-0.3, -0.25) is 9.59 Å². The largest absolute Gasteiger partial charge is 0.495 e. The number of ether oxygens (including phenoxy) is 1. The predicted molar refractivity (Wildman–Crippen MR) is 105 cm³/mol. The van der Waals surface area contributed by atoms with E-state index in [-0.39, 0.29) is 24.8 Å². The van der Waals surface area contributed by atoms with Crippen LogP contribution >= 0.6 is 0 Å². The van der Waals surface area contributed by atoms with Crippen molar-refractivity contribution in [3.63, 3.8) is 0 Å². The van der Waals surface area contributed by atoms with E-state index in [1.54, 1.807) is 12.0 Å². The summed E-state index contributed by atoms with van der Waals surface area (Å²) in [5.41, 5.74) is 4.57. The fraction of sp³-hybridized carbons (Fsp3) is 0.333. The fourth-order valence-electron chi connectivity index (χ4n) is 2.89. The Bertz CT molecular complexity index is 795. The minimum atomic E-state index is -0.131. The van der Waals surface area contributed by atoms with Crippen molar-refractivity contribution in [3.05, 3.63) is 53.1 Å². The van der Waals surface area contributed by atoms with Gasteiger partial charge in [-0.15, -0.1) is 0 Å². The minimum Gasteiger partial charge on any atom is -0.495 e. The zero-order chi connectivity index (χ0) is 19.3. The summed E-state index contributed by atoms with van der Waals surface area (Å²) < 4.78 is 5.37. The lowest BCUT2D eigenvalue weighted by atomic mass is 10.1. The highest BCUT2D eigenvalue weighted by atomic mass is 16.5. The molecule has 2 rings (SSSR count). The number of methoxy groups -OCH3 is 1. The van der Waals surface area contributed by atoms with Crippen molar-refractivity contribution in [1.29, 1.82) is 0 Å². The highest BCUT2D eigenvalue weighted by molar-refractivity contribution is 5.96. The first kappa shape index (κ1) is 19.5. The van der Waals surface area contributed by atoms with Gasteiger partial charge < -0.3 is 15.0 Å². The molecule has 2 aromatic carbocycles. The summed E-state index contributed by atoms with van der Waals surface area (Å²) in [6, 6.07) is 11.5. The number of carbonyl (C=O) groups excluding carboxylic acids is 2. The van der Waals surface area contributed by atoms with Crippen molar-refractivity contribution in [2.24, 2.45) is 0 Å². The fourth-order valence-corrected chi connectivity index (χ4v) is 2.89. The summed E-state index contributed by atoms with van der Waals surface area (Å²) in [6.45, 7) is 7.65. The lowest BCUT2D eigenvalue weighted by Crippen LogP contribution is -2.32. The molecule has 5 heteroatoms. The molecule has 0 aliphatic rings. The number of rotatable bonds is 6. The number of benzene rings is 2. The van der Waals surface area contributed by atoms with Crippen molar-refractivity contribution in [2.45, 2.75) is 34.1 Å². The Kier molecular flexibility index (Phi) is 6.39. The number of nitrogens with one attached hydrogen (secondary N) is 1. The molecule has 26 heavy (non-hydrogen) atoms. The van der Waals surface area contributed by atoms with E-state index in [9.17, 15) is 9.59 Å². The van der Waals surface area contributed by atoms with Gasteiger partial charge in [-0.25, -0.2) is 0 Å². The first-order valence-electron chi connectivity index (χ1n) is 8.62. The van der Waals surface area contributed by atoms with Gasteiger partial charge in [-0.05, 0) is 49.6 Å². The monoisotopic (exact) mass is 354 g/mol. The molecule has 0 fully saturated rings. The molecule has 0 radical (unpaired) electrons. The van der Waals surface area contributed by atoms with Crippen LogP contribution in [0, 0.1) is 20.8 Å². The van der Waals surface area contributed by atoms with Gasteiger partial charge in [0.2, 0.25) is 11.8 Å². The summed E-state index contributed by atoms with van der Waals surface area (Å²) in [5, 5.41) is 2.96. The minimum absolute atomic E-state index is 0.125. The van der Waals surface area contributed by atoms with E-state index >= 15 is 0 Å². The van der Waals surface area contributed by atoms with Crippen LogP contribution in [-0.4, -0.2) is 25.5 Å². The molecular formula is C21H26N2O3. The van der Waals surface area contributed by atoms with E-state index in [1.807, 2.05) is 57.2 Å². The van der Waals surface area contributed by atoms with E-state index in [1.165, 1.54) is 6.92 Å². The van der Waals surface area contributed by atoms with Crippen LogP contribution in [0.25, 0.3) is 0 Å². The standard InChI is InChI=1S/C21H26N2O3/c1-14-9-10-19(26-5)18(13-14)23(17(4)24)12-11-20(25)22-21-15(2)7-6-8-16(21)3/h6-10,13H,11-12H2,1-5H3,(H,22,25). The summed E-state index contributed by atoms with van der Waals surface area (Å²) in [7, 11) is 1.57. The van der Waals surface area contributed by atoms with Crippen LogP contribution in [0.15, 0.2) is 36.4 Å². The Labute approximate surface area is 155 Å². The molecule has 138 valence electrons. The molecule has 2 amide bonds. The Morgan fingerprint density at radius 1 is 1.08 bits per heavy atom. The van der Waals surface area contributed by atoms with Crippen LogP contribution < -0.4 is 15.0 Å². The van der Waals surface area contributed by atoms with E-state index in [0.717, 1.165) is 22.4 Å². The maximum absolute atomic E-state index is 12.4. The van der Waals surface area contributed by atoms with Crippen molar-refractivity contribution in [3.8, 4) is 5.75 Å². The summed E-state index contributed by atoms with van der Waals surface area (Å²) in [4.78, 5) is 26.1. The van der Waals surface area contributed by atoms with Crippen molar-refractivity contribution in [2.75, 3.05) is 23.9 Å². The van der Waals surface area contributed by atoms with Crippen LogP contribution in [0.4, 0.5) is 11.4 Å². The normalized spacial score (nSPS) is 10.3. The van der Waals surface area contributed by atoms with Gasteiger partial charge >= 0.3 is 0 Å². The summed E-state index contributed by atoms with van der Waals surface area (Å²) >= 11 is 0. The molecule has 0 unspecified atom stereocenters. The third-order valence-electron chi connectivity index (χ3n) is 4.31. The number of aryl methyl sites for hydroxylation is 3. The van der Waals surface area contributed by atoms with Gasteiger partial charge in [0.25, 0.3) is 0 Å². The molecule has 5 nitrogen and oxygen atoms in total. The lowest BCUT2D eigenvalue weighted by Gasteiger charge is -2.23. The Balaban J connectivity index is 2.13. The van der Waals surface area contributed by atoms with Crippen LogP contribution in [0.5, 0.6) is 5.75 Å². The van der Waals surface area contributed by atoms with Crippen molar-refractivity contribution >= 4 is 23.2 Å². The first-order chi connectivity index (χ1) is 12.3. The second-order valence-electron chi connectivity index (χ2n) is 6.41. The highest BCUT2D eigenvalue weighted by Crippen LogP contribution is 2.29. The topological polar surface area (TPSA) is 58.6 Å². The summed E-state index contributed by atoms with van der Waals surface area (Å²) in [6.07, 6.45) is 0.199. The van der Waals surface area contributed by atoms with Gasteiger partial charge in [0, 0.05) is 25.6 Å². The number of carbonyl (C=O) groups is 2. The molecule has 0 bridgehead atoms. The zero-order valence-electron chi connectivity index (χ0n) is 16.1. The van der Waals surface area contributed by atoms with Gasteiger partial charge in [0.05, 0.1) is 12.8 Å².